The Balaban J connectivity index is 1.36. The maximum Gasteiger partial charge on any atom is 0.158 e. The molecule has 0 N–H and O–H groups in total. The van der Waals surface area contributed by atoms with E-state index in [0.29, 0.717) is 0 Å². The van der Waals surface area contributed by atoms with Crippen LogP contribution in [0.4, 0.5) is 11.5 Å². The van der Waals surface area contributed by atoms with E-state index in [1.807, 2.05) is 59.1 Å². The fourth-order valence-corrected chi connectivity index (χ4v) is 4.84. The Hall–Kier alpha value is -4.52. The molecule has 0 radical (unpaired) electrons. The molecular weight excluding hydrogens is 462 g/mol. The second kappa shape index (κ2) is 9.85. The van der Waals surface area contributed by atoms with Gasteiger partial charge in [-0.25, -0.2) is 4.98 Å². The minimum atomic E-state index is 0.826. The molecule has 0 bridgehead atoms. The van der Waals surface area contributed by atoms with Crippen molar-refractivity contribution in [3.05, 3.63) is 91.0 Å². The number of methoxy groups -OCH3 is 2. The van der Waals surface area contributed by atoms with Gasteiger partial charge in [-0.3, -0.25) is 0 Å². The molecule has 0 spiro atoms. The average molecular weight is 492 g/mol. The Morgan fingerprint density at radius 2 is 1.32 bits per heavy atom. The van der Waals surface area contributed by atoms with Crippen molar-refractivity contribution in [3.8, 4) is 34.0 Å². The number of hydrogen-bond donors (Lipinski definition) is 0. The number of hydrogen-bond acceptors (Lipinski definition) is 6. The molecule has 6 rings (SSSR count). The molecule has 0 atom stereocenters. The van der Waals surface area contributed by atoms with Crippen molar-refractivity contribution in [2.24, 2.45) is 0 Å². The highest BCUT2D eigenvalue weighted by atomic mass is 16.5. The lowest BCUT2D eigenvalue weighted by Gasteiger charge is -2.37. The topological polar surface area (TPSA) is 55.1 Å². The highest BCUT2D eigenvalue weighted by molar-refractivity contribution is 5.71. The third-order valence-corrected chi connectivity index (χ3v) is 6.89. The molecule has 1 saturated heterocycles. The summed E-state index contributed by atoms with van der Waals surface area (Å²) in [6.45, 7) is 3.57. The maximum atomic E-state index is 5.43. The first-order chi connectivity index (χ1) is 18.2. The van der Waals surface area contributed by atoms with Crippen LogP contribution in [0.25, 0.3) is 28.2 Å². The van der Waals surface area contributed by atoms with E-state index in [-0.39, 0.29) is 0 Å². The van der Waals surface area contributed by atoms with Gasteiger partial charge in [0.05, 0.1) is 25.6 Å². The van der Waals surface area contributed by atoms with E-state index in [4.69, 9.17) is 19.6 Å². The lowest BCUT2D eigenvalue weighted by molar-refractivity contribution is 0.414. The quantitative estimate of drug-likeness (QED) is 0.317. The lowest BCUT2D eigenvalue weighted by Crippen LogP contribution is -2.47. The molecule has 0 aliphatic carbocycles. The van der Waals surface area contributed by atoms with Gasteiger partial charge in [-0.15, -0.1) is 0 Å². The van der Waals surface area contributed by atoms with Gasteiger partial charge < -0.3 is 19.3 Å². The van der Waals surface area contributed by atoms with Crippen LogP contribution < -0.4 is 19.3 Å². The van der Waals surface area contributed by atoms with Crippen LogP contribution in [0.3, 0.4) is 0 Å². The summed E-state index contributed by atoms with van der Waals surface area (Å²) >= 11 is 0. The van der Waals surface area contributed by atoms with Crippen molar-refractivity contribution in [2.75, 3.05) is 50.2 Å². The first-order valence-corrected chi connectivity index (χ1v) is 12.5. The van der Waals surface area contributed by atoms with Crippen LogP contribution in [0.1, 0.15) is 0 Å². The van der Waals surface area contributed by atoms with Gasteiger partial charge in [0.15, 0.2) is 5.65 Å². The van der Waals surface area contributed by atoms with E-state index in [1.165, 1.54) is 5.69 Å². The fraction of sp³-hybridized carbons (Fsp3) is 0.200. The molecule has 37 heavy (non-hydrogen) atoms. The van der Waals surface area contributed by atoms with Gasteiger partial charge in [0.2, 0.25) is 0 Å². The monoisotopic (exact) mass is 491 g/mol. The number of piperazine rings is 1. The van der Waals surface area contributed by atoms with Crippen molar-refractivity contribution >= 4 is 17.2 Å². The van der Waals surface area contributed by atoms with Gasteiger partial charge in [-0.1, -0.05) is 36.4 Å². The van der Waals surface area contributed by atoms with E-state index in [2.05, 4.69) is 46.2 Å². The molecule has 7 heteroatoms. The summed E-state index contributed by atoms with van der Waals surface area (Å²) in [7, 11) is 3.38. The van der Waals surface area contributed by atoms with E-state index in [1.54, 1.807) is 14.2 Å². The number of fused-ring (bicyclic) bond motifs is 1. The Morgan fingerprint density at radius 3 is 2.05 bits per heavy atom. The third-order valence-electron chi connectivity index (χ3n) is 6.89. The fourth-order valence-electron chi connectivity index (χ4n) is 4.84. The number of rotatable bonds is 6. The molecule has 0 unspecified atom stereocenters. The summed E-state index contributed by atoms with van der Waals surface area (Å²) in [4.78, 5) is 9.80. The van der Waals surface area contributed by atoms with Crippen LogP contribution in [0.2, 0.25) is 0 Å². The van der Waals surface area contributed by atoms with Gasteiger partial charge in [-0.05, 0) is 36.4 Å². The Kier molecular flexibility index (Phi) is 6.10. The third kappa shape index (κ3) is 4.56. The Morgan fingerprint density at radius 1 is 0.622 bits per heavy atom. The van der Waals surface area contributed by atoms with Crippen molar-refractivity contribution in [1.82, 2.24) is 14.6 Å². The van der Waals surface area contributed by atoms with Crippen molar-refractivity contribution < 1.29 is 9.47 Å². The van der Waals surface area contributed by atoms with Crippen LogP contribution >= 0.6 is 0 Å². The number of anilines is 2. The predicted octanol–water partition coefficient (Wildman–Crippen LogP) is 5.41. The minimum absolute atomic E-state index is 0.826. The number of ether oxygens (including phenoxy) is 2. The molecule has 1 aliphatic heterocycles. The molecule has 0 amide bonds. The van der Waals surface area contributed by atoms with Crippen molar-refractivity contribution in [3.63, 3.8) is 0 Å². The molecule has 3 heterocycles. The predicted molar refractivity (Wildman–Crippen MR) is 148 cm³/mol. The minimum Gasteiger partial charge on any atom is -0.497 e. The molecule has 2 aromatic heterocycles. The second-order valence-corrected chi connectivity index (χ2v) is 9.07. The first-order valence-electron chi connectivity index (χ1n) is 12.5. The summed E-state index contributed by atoms with van der Waals surface area (Å²) in [5, 5.41) is 4.99. The summed E-state index contributed by atoms with van der Waals surface area (Å²) in [5.74, 6) is 2.76. The smallest absolute Gasteiger partial charge is 0.158 e. The van der Waals surface area contributed by atoms with Gasteiger partial charge in [0, 0.05) is 61.2 Å². The SMILES string of the molecule is COc1ccc(-c2cc3nc(-c4ccccc4)cc(N4CCN(c5cccc(OC)c5)CC4)n3n2)cc1. The zero-order valence-corrected chi connectivity index (χ0v) is 21.0. The summed E-state index contributed by atoms with van der Waals surface area (Å²) in [6.07, 6.45) is 0. The van der Waals surface area contributed by atoms with E-state index in [0.717, 1.165) is 71.7 Å². The van der Waals surface area contributed by atoms with Gasteiger partial charge in [0.1, 0.15) is 17.3 Å². The molecule has 7 nitrogen and oxygen atoms in total. The molecular formula is C30H29N5O2. The highest BCUT2D eigenvalue weighted by Crippen LogP contribution is 2.30. The highest BCUT2D eigenvalue weighted by Gasteiger charge is 2.22. The Bertz CT molecular complexity index is 1510. The zero-order chi connectivity index (χ0) is 25.2. The second-order valence-electron chi connectivity index (χ2n) is 9.07. The molecule has 1 aliphatic rings. The van der Waals surface area contributed by atoms with Crippen molar-refractivity contribution in [1.29, 1.82) is 0 Å². The van der Waals surface area contributed by atoms with E-state index < -0.39 is 0 Å². The Labute approximate surface area is 216 Å². The molecule has 3 aromatic carbocycles. The zero-order valence-electron chi connectivity index (χ0n) is 21.0. The number of aromatic nitrogens is 3. The first kappa shape index (κ1) is 22.9. The standard InChI is InChI=1S/C30H29N5O2/c1-36-25-13-11-23(12-14-25)28-20-29-31-27(22-7-4-3-5-8-22)21-30(35(29)32-28)34-17-15-33(16-18-34)24-9-6-10-26(19-24)37-2/h3-14,19-21H,15-18H2,1-2H3. The number of nitrogens with zero attached hydrogens (tertiary/aromatic N) is 5. The van der Waals surface area contributed by atoms with E-state index in [9.17, 15) is 0 Å². The normalized spacial score (nSPS) is 13.7. The van der Waals surface area contributed by atoms with Crippen molar-refractivity contribution in [2.45, 2.75) is 0 Å². The van der Waals surface area contributed by atoms with Crippen LogP contribution in [-0.4, -0.2) is 55.0 Å². The molecule has 1 fully saturated rings. The largest absolute Gasteiger partial charge is 0.497 e. The maximum absolute atomic E-state index is 5.43. The van der Waals surface area contributed by atoms with Crippen LogP contribution in [0.15, 0.2) is 91.0 Å². The summed E-state index contributed by atoms with van der Waals surface area (Å²) < 4.78 is 12.7. The van der Waals surface area contributed by atoms with Crippen LogP contribution in [-0.2, 0) is 0 Å². The summed E-state index contributed by atoms with van der Waals surface area (Å²) in [5.41, 5.74) is 5.97. The number of benzene rings is 3. The van der Waals surface area contributed by atoms with E-state index >= 15 is 0 Å². The lowest BCUT2D eigenvalue weighted by atomic mass is 10.1. The molecule has 5 aromatic rings. The van der Waals surface area contributed by atoms with Gasteiger partial charge in [-0.2, -0.15) is 9.61 Å². The summed E-state index contributed by atoms with van der Waals surface area (Å²) in [6, 6.07) is 30.8. The van der Waals surface area contributed by atoms with Crippen LogP contribution in [0.5, 0.6) is 11.5 Å². The average Bonchev–Trinajstić information content (AvgIpc) is 3.42. The van der Waals surface area contributed by atoms with Crippen LogP contribution in [0, 0.1) is 0 Å². The molecule has 0 saturated carbocycles. The van der Waals surface area contributed by atoms with Gasteiger partial charge >= 0.3 is 0 Å². The van der Waals surface area contributed by atoms with Gasteiger partial charge in [0.25, 0.3) is 0 Å². The molecule has 186 valence electrons.